The molecule has 0 aliphatic rings. The number of aryl methyl sites for hydroxylation is 1. The van der Waals surface area contributed by atoms with Crippen molar-refractivity contribution in [2.75, 3.05) is 20.4 Å². The predicted molar refractivity (Wildman–Crippen MR) is 99.0 cm³/mol. The van der Waals surface area contributed by atoms with Crippen LogP contribution in [0.5, 0.6) is 5.75 Å². The summed E-state index contributed by atoms with van der Waals surface area (Å²) in [5.41, 5.74) is 3.09. The van der Waals surface area contributed by atoms with Crippen LogP contribution in [0.25, 0.3) is 22.0 Å². The third-order valence-corrected chi connectivity index (χ3v) is 4.37. The monoisotopic (exact) mass is 377 g/mol. The predicted octanol–water partition coefficient (Wildman–Crippen LogP) is 2.78. The van der Waals surface area contributed by atoms with Crippen LogP contribution < -0.4 is 4.18 Å². The zero-order chi connectivity index (χ0) is 19.1. The van der Waals surface area contributed by atoms with Crippen molar-refractivity contribution in [3.05, 3.63) is 47.9 Å². The SMILES string of the molecule is CN(C)Cc1nn(C)c2ccc(-c3ccc(F)cc3OS(C)(=O)=O)cc12. The Labute approximate surface area is 151 Å². The van der Waals surface area contributed by atoms with Crippen molar-refractivity contribution in [2.24, 2.45) is 7.05 Å². The Bertz CT molecular complexity index is 1070. The molecule has 8 heteroatoms. The molecule has 0 bridgehead atoms. The van der Waals surface area contributed by atoms with Gasteiger partial charge in [0.05, 0.1) is 17.5 Å². The summed E-state index contributed by atoms with van der Waals surface area (Å²) < 4.78 is 43.4. The Morgan fingerprint density at radius 2 is 1.92 bits per heavy atom. The molecule has 3 aromatic rings. The van der Waals surface area contributed by atoms with Crippen LogP contribution in [0.15, 0.2) is 36.4 Å². The summed E-state index contributed by atoms with van der Waals surface area (Å²) in [6, 6.07) is 9.53. The fraction of sp³-hybridized carbons (Fsp3) is 0.278. The highest BCUT2D eigenvalue weighted by Gasteiger charge is 2.16. The fourth-order valence-electron chi connectivity index (χ4n) is 2.89. The Morgan fingerprint density at radius 1 is 1.19 bits per heavy atom. The molecule has 0 amide bonds. The first kappa shape index (κ1) is 18.3. The molecule has 2 aromatic carbocycles. The number of rotatable bonds is 5. The topological polar surface area (TPSA) is 64.4 Å². The molecule has 0 saturated heterocycles. The lowest BCUT2D eigenvalue weighted by atomic mass is 10.0. The second kappa shape index (κ2) is 6.69. The molecule has 0 atom stereocenters. The van der Waals surface area contributed by atoms with Crippen LogP contribution in [0, 0.1) is 5.82 Å². The van der Waals surface area contributed by atoms with Gasteiger partial charge < -0.3 is 9.08 Å². The van der Waals surface area contributed by atoms with Crippen molar-refractivity contribution >= 4 is 21.0 Å². The van der Waals surface area contributed by atoms with Crippen LogP contribution in [0.2, 0.25) is 0 Å². The van der Waals surface area contributed by atoms with Gasteiger partial charge in [-0.3, -0.25) is 4.68 Å². The molecule has 0 spiro atoms. The fourth-order valence-corrected chi connectivity index (χ4v) is 3.35. The first-order chi connectivity index (χ1) is 12.1. The quantitative estimate of drug-likeness (QED) is 0.640. The summed E-state index contributed by atoms with van der Waals surface area (Å²) in [6.07, 6.45) is 0.932. The van der Waals surface area contributed by atoms with E-state index in [4.69, 9.17) is 4.18 Å². The van der Waals surface area contributed by atoms with E-state index in [-0.39, 0.29) is 5.75 Å². The van der Waals surface area contributed by atoms with Gasteiger partial charge in [0, 0.05) is 30.6 Å². The van der Waals surface area contributed by atoms with E-state index in [0.717, 1.165) is 34.5 Å². The van der Waals surface area contributed by atoms with Crippen LogP contribution in [0.1, 0.15) is 5.69 Å². The molecule has 0 unspecified atom stereocenters. The van der Waals surface area contributed by atoms with Crippen molar-refractivity contribution < 1.29 is 17.0 Å². The average Bonchev–Trinajstić information content (AvgIpc) is 2.81. The van der Waals surface area contributed by atoms with Crippen LogP contribution >= 0.6 is 0 Å². The van der Waals surface area contributed by atoms with Gasteiger partial charge in [-0.15, -0.1) is 0 Å². The molecule has 26 heavy (non-hydrogen) atoms. The summed E-state index contributed by atoms with van der Waals surface area (Å²) in [4.78, 5) is 2.02. The van der Waals surface area contributed by atoms with Crippen LogP contribution in [-0.4, -0.2) is 43.4 Å². The highest BCUT2D eigenvalue weighted by Crippen LogP contribution is 2.34. The molecule has 0 N–H and O–H groups in total. The first-order valence-corrected chi connectivity index (χ1v) is 9.75. The summed E-state index contributed by atoms with van der Waals surface area (Å²) in [5, 5.41) is 5.50. The van der Waals surface area contributed by atoms with E-state index in [9.17, 15) is 12.8 Å². The number of benzene rings is 2. The third kappa shape index (κ3) is 3.86. The van der Waals surface area contributed by atoms with Crippen LogP contribution in [-0.2, 0) is 23.7 Å². The maximum atomic E-state index is 13.6. The minimum Gasteiger partial charge on any atom is -0.382 e. The van der Waals surface area contributed by atoms with Gasteiger partial charge >= 0.3 is 10.1 Å². The molecule has 0 aliphatic carbocycles. The van der Waals surface area contributed by atoms with Crippen molar-refractivity contribution in [3.8, 4) is 16.9 Å². The molecular weight excluding hydrogens is 357 g/mol. The number of halogens is 1. The van der Waals surface area contributed by atoms with E-state index in [0.29, 0.717) is 12.1 Å². The van der Waals surface area contributed by atoms with Gasteiger partial charge in [-0.25, -0.2) is 4.39 Å². The summed E-state index contributed by atoms with van der Waals surface area (Å²) in [7, 11) is 2.02. The van der Waals surface area contributed by atoms with E-state index < -0.39 is 15.9 Å². The molecular formula is C18H20FN3O3S. The zero-order valence-corrected chi connectivity index (χ0v) is 15.8. The van der Waals surface area contributed by atoms with Gasteiger partial charge in [0.1, 0.15) is 5.82 Å². The standard InChI is InChI=1S/C18H20FN3O3S/c1-21(2)11-16-15-9-12(5-8-17(15)22(3)20-16)14-7-6-13(19)10-18(14)25-26(4,23)24/h5-10H,11H2,1-4H3. The Morgan fingerprint density at radius 3 is 2.58 bits per heavy atom. The molecule has 138 valence electrons. The highest BCUT2D eigenvalue weighted by atomic mass is 32.2. The maximum Gasteiger partial charge on any atom is 0.306 e. The van der Waals surface area contributed by atoms with E-state index in [2.05, 4.69) is 5.10 Å². The van der Waals surface area contributed by atoms with Gasteiger partial charge in [-0.1, -0.05) is 6.07 Å². The van der Waals surface area contributed by atoms with Gasteiger partial charge in [-0.2, -0.15) is 13.5 Å². The average molecular weight is 377 g/mol. The lowest BCUT2D eigenvalue weighted by Gasteiger charge is -2.11. The number of hydrogen-bond donors (Lipinski definition) is 0. The minimum absolute atomic E-state index is 0.0371. The van der Waals surface area contributed by atoms with E-state index in [1.807, 2.05) is 44.2 Å². The second-order valence-corrected chi connectivity index (χ2v) is 8.04. The molecule has 1 aromatic heterocycles. The van der Waals surface area contributed by atoms with Crippen molar-refractivity contribution in [3.63, 3.8) is 0 Å². The number of nitrogens with zero attached hydrogens (tertiary/aromatic N) is 3. The number of fused-ring (bicyclic) bond motifs is 1. The first-order valence-electron chi connectivity index (χ1n) is 7.94. The van der Waals surface area contributed by atoms with E-state index in [1.54, 1.807) is 4.68 Å². The highest BCUT2D eigenvalue weighted by molar-refractivity contribution is 7.86. The van der Waals surface area contributed by atoms with Crippen molar-refractivity contribution in [2.45, 2.75) is 6.54 Å². The maximum absolute atomic E-state index is 13.6. The van der Waals surface area contributed by atoms with Gasteiger partial charge in [0.2, 0.25) is 0 Å². The van der Waals surface area contributed by atoms with Crippen LogP contribution in [0.4, 0.5) is 4.39 Å². The zero-order valence-electron chi connectivity index (χ0n) is 15.0. The lowest BCUT2D eigenvalue weighted by molar-refractivity contribution is 0.396. The van der Waals surface area contributed by atoms with E-state index >= 15 is 0 Å². The van der Waals surface area contributed by atoms with E-state index in [1.165, 1.54) is 12.1 Å². The normalized spacial score (nSPS) is 12.1. The van der Waals surface area contributed by atoms with Gasteiger partial charge in [0.15, 0.2) is 5.75 Å². The Balaban J connectivity index is 2.17. The summed E-state index contributed by atoms with van der Waals surface area (Å²) >= 11 is 0. The molecule has 0 radical (unpaired) electrons. The van der Waals surface area contributed by atoms with Gasteiger partial charge in [-0.05, 0) is 43.9 Å². The molecule has 0 aliphatic heterocycles. The summed E-state index contributed by atoms with van der Waals surface area (Å²) in [6.45, 7) is 0.664. The van der Waals surface area contributed by atoms with Crippen LogP contribution in [0.3, 0.4) is 0 Å². The summed E-state index contributed by atoms with van der Waals surface area (Å²) in [5.74, 6) is -0.604. The lowest BCUT2D eigenvalue weighted by Crippen LogP contribution is -2.11. The smallest absolute Gasteiger partial charge is 0.306 e. The largest absolute Gasteiger partial charge is 0.382 e. The van der Waals surface area contributed by atoms with Crippen molar-refractivity contribution in [1.29, 1.82) is 0 Å². The molecule has 0 saturated carbocycles. The number of aromatic nitrogens is 2. The van der Waals surface area contributed by atoms with Gasteiger partial charge in [0.25, 0.3) is 0 Å². The number of hydrogen-bond acceptors (Lipinski definition) is 5. The Hall–Kier alpha value is -2.45. The Kier molecular flexibility index (Phi) is 4.72. The molecule has 3 rings (SSSR count). The third-order valence-electron chi connectivity index (χ3n) is 3.89. The molecule has 6 nitrogen and oxygen atoms in total. The minimum atomic E-state index is -3.78. The van der Waals surface area contributed by atoms with Crippen molar-refractivity contribution in [1.82, 2.24) is 14.7 Å². The molecule has 0 fully saturated rings. The molecule has 1 heterocycles. The second-order valence-electron chi connectivity index (χ2n) is 6.47.